The average Bonchev–Trinajstić information content (AvgIpc) is 2.62. The second-order valence-electron chi connectivity index (χ2n) is 4.41. The fraction of sp³-hybridized carbons (Fsp3) is 0.500. The van der Waals surface area contributed by atoms with Gasteiger partial charge in [-0.15, -0.1) is 0 Å². The van der Waals surface area contributed by atoms with Crippen molar-refractivity contribution in [3.63, 3.8) is 0 Å². The third-order valence-corrected chi connectivity index (χ3v) is 3.46. The Bertz CT molecular complexity index is 355. The summed E-state index contributed by atoms with van der Waals surface area (Å²) in [5.74, 6) is 0. The number of nitrogens with one attached hydrogen (secondary N) is 1. The van der Waals surface area contributed by atoms with Crippen molar-refractivity contribution in [1.29, 1.82) is 0 Å². The summed E-state index contributed by atoms with van der Waals surface area (Å²) >= 11 is 0. The van der Waals surface area contributed by atoms with Crippen molar-refractivity contribution in [1.82, 2.24) is 0 Å². The molecule has 1 saturated heterocycles. The van der Waals surface area contributed by atoms with Gasteiger partial charge in [-0.2, -0.15) is 0 Å². The zero-order valence-corrected chi connectivity index (χ0v) is 8.50. The van der Waals surface area contributed by atoms with E-state index in [2.05, 4.69) is 11.4 Å². The van der Waals surface area contributed by atoms with Gasteiger partial charge in [0.2, 0.25) is 0 Å². The van der Waals surface area contributed by atoms with Gasteiger partial charge in [-0.3, -0.25) is 0 Å². The Labute approximate surface area is 88.4 Å². The number of halogens is 1. The van der Waals surface area contributed by atoms with E-state index in [0.717, 1.165) is 18.5 Å². The second-order valence-corrected chi connectivity index (χ2v) is 4.41. The van der Waals surface area contributed by atoms with Crippen LogP contribution in [0.5, 0.6) is 0 Å². The fourth-order valence-corrected chi connectivity index (χ4v) is 2.55. The van der Waals surface area contributed by atoms with Gasteiger partial charge in [0.15, 0.2) is 0 Å². The van der Waals surface area contributed by atoms with Crippen LogP contribution in [0.1, 0.15) is 12.0 Å². The number of hydrogen-bond acceptors (Lipinski definition) is 2. The Kier molecular flexibility index (Phi) is 1.96. The molecule has 2 heterocycles. The molecule has 1 N–H and O–H groups in total. The van der Waals surface area contributed by atoms with Gasteiger partial charge in [-0.25, -0.2) is 4.39 Å². The standard InChI is InChI=1S/C12H14FNO/c13-11-8-15-6-5-12(11)7-9-3-1-2-4-10(9)14-12/h1-4,11,14H,5-8H2. The molecule has 0 amide bonds. The first-order chi connectivity index (χ1) is 7.30. The Hall–Kier alpha value is -1.09. The van der Waals surface area contributed by atoms with E-state index in [-0.39, 0.29) is 6.61 Å². The summed E-state index contributed by atoms with van der Waals surface area (Å²) in [5, 5.41) is 3.34. The minimum Gasteiger partial charge on any atom is -0.378 e. The summed E-state index contributed by atoms with van der Waals surface area (Å²) < 4.78 is 19.1. The van der Waals surface area contributed by atoms with Crippen LogP contribution in [0, 0.1) is 0 Å². The molecule has 0 aromatic heterocycles. The molecule has 80 valence electrons. The third kappa shape index (κ3) is 1.34. The van der Waals surface area contributed by atoms with E-state index in [4.69, 9.17) is 4.74 Å². The number of fused-ring (bicyclic) bond motifs is 1. The highest BCUT2D eigenvalue weighted by molar-refractivity contribution is 5.59. The first kappa shape index (κ1) is 9.16. The maximum absolute atomic E-state index is 13.9. The molecule has 15 heavy (non-hydrogen) atoms. The average molecular weight is 207 g/mol. The van der Waals surface area contributed by atoms with Crippen LogP contribution in [-0.4, -0.2) is 24.9 Å². The molecule has 2 unspecified atom stereocenters. The normalized spacial score (nSPS) is 33.8. The number of anilines is 1. The maximum Gasteiger partial charge on any atom is 0.147 e. The van der Waals surface area contributed by atoms with Crippen molar-refractivity contribution in [2.45, 2.75) is 24.6 Å². The summed E-state index contributed by atoms with van der Waals surface area (Å²) in [6.45, 7) is 0.877. The van der Waals surface area contributed by atoms with Crippen LogP contribution in [0.2, 0.25) is 0 Å². The fourth-order valence-electron chi connectivity index (χ4n) is 2.55. The molecule has 3 rings (SSSR count). The van der Waals surface area contributed by atoms with Gasteiger partial charge in [0.05, 0.1) is 12.1 Å². The molecule has 0 bridgehead atoms. The summed E-state index contributed by atoms with van der Waals surface area (Å²) in [6.07, 6.45) is 0.634. The molecular weight excluding hydrogens is 193 g/mol. The molecule has 1 aromatic rings. The lowest BCUT2D eigenvalue weighted by Crippen LogP contribution is -2.52. The Morgan fingerprint density at radius 2 is 2.27 bits per heavy atom. The van der Waals surface area contributed by atoms with E-state index >= 15 is 0 Å². The minimum absolute atomic E-state index is 0.223. The molecule has 3 heteroatoms. The Balaban J connectivity index is 1.93. The summed E-state index contributed by atoms with van der Waals surface area (Å²) in [4.78, 5) is 0. The van der Waals surface area contributed by atoms with E-state index < -0.39 is 11.7 Å². The number of benzene rings is 1. The van der Waals surface area contributed by atoms with Gasteiger partial charge in [0.1, 0.15) is 6.17 Å². The zero-order valence-electron chi connectivity index (χ0n) is 8.50. The molecule has 1 spiro atoms. The lowest BCUT2D eigenvalue weighted by Gasteiger charge is -2.37. The van der Waals surface area contributed by atoms with Gasteiger partial charge >= 0.3 is 0 Å². The van der Waals surface area contributed by atoms with E-state index in [1.54, 1.807) is 0 Å². The predicted octanol–water partition coefficient (Wildman–Crippen LogP) is 2.15. The highest BCUT2D eigenvalue weighted by Crippen LogP contribution is 2.39. The Morgan fingerprint density at radius 1 is 1.40 bits per heavy atom. The minimum atomic E-state index is -0.904. The molecule has 0 aliphatic carbocycles. The Morgan fingerprint density at radius 3 is 3.07 bits per heavy atom. The quantitative estimate of drug-likeness (QED) is 0.703. The van der Waals surface area contributed by atoms with Crippen molar-refractivity contribution in [3.05, 3.63) is 29.8 Å². The van der Waals surface area contributed by atoms with Gasteiger partial charge in [0.25, 0.3) is 0 Å². The number of ether oxygens (including phenoxy) is 1. The van der Waals surface area contributed by atoms with Gasteiger partial charge < -0.3 is 10.1 Å². The van der Waals surface area contributed by atoms with Crippen LogP contribution in [0.25, 0.3) is 0 Å². The molecule has 2 aliphatic heterocycles. The molecule has 0 radical (unpaired) electrons. The summed E-state index contributed by atoms with van der Waals surface area (Å²) in [7, 11) is 0. The van der Waals surface area contributed by atoms with Crippen LogP contribution < -0.4 is 5.32 Å². The van der Waals surface area contributed by atoms with Gasteiger partial charge in [-0.05, 0) is 18.1 Å². The van der Waals surface area contributed by atoms with Crippen molar-refractivity contribution in [2.24, 2.45) is 0 Å². The monoisotopic (exact) mass is 207 g/mol. The molecule has 2 aliphatic rings. The lowest BCUT2D eigenvalue weighted by atomic mass is 9.86. The molecule has 1 fully saturated rings. The largest absolute Gasteiger partial charge is 0.378 e. The van der Waals surface area contributed by atoms with E-state index in [0.29, 0.717) is 6.61 Å². The number of hydrogen-bond donors (Lipinski definition) is 1. The maximum atomic E-state index is 13.9. The van der Waals surface area contributed by atoms with E-state index in [9.17, 15) is 4.39 Å². The van der Waals surface area contributed by atoms with Crippen LogP contribution in [0.3, 0.4) is 0 Å². The van der Waals surface area contributed by atoms with Crippen molar-refractivity contribution in [3.8, 4) is 0 Å². The van der Waals surface area contributed by atoms with Crippen molar-refractivity contribution < 1.29 is 9.13 Å². The number of para-hydroxylation sites is 1. The highest BCUT2D eigenvalue weighted by atomic mass is 19.1. The van der Waals surface area contributed by atoms with Crippen LogP contribution >= 0.6 is 0 Å². The molecular formula is C12H14FNO. The van der Waals surface area contributed by atoms with Gasteiger partial charge in [-0.1, -0.05) is 18.2 Å². The highest BCUT2D eigenvalue weighted by Gasteiger charge is 2.45. The number of alkyl halides is 1. The van der Waals surface area contributed by atoms with Crippen molar-refractivity contribution >= 4 is 5.69 Å². The van der Waals surface area contributed by atoms with Crippen LogP contribution in [-0.2, 0) is 11.2 Å². The second kappa shape index (κ2) is 3.20. The SMILES string of the molecule is FC1COCCC12Cc1ccccc1N2. The number of rotatable bonds is 0. The summed E-state index contributed by atoms with van der Waals surface area (Å²) in [6, 6.07) is 8.08. The summed E-state index contributed by atoms with van der Waals surface area (Å²) in [5.41, 5.74) is 1.91. The molecule has 2 atom stereocenters. The lowest BCUT2D eigenvalue weighted by molar-refractivity contribution is -0.00544. The molecule has 1 aromatic carbocycles. The topological polar surface area (TPSA) is 21.3 Å². The molecule has 0 saturated carbocycles. The zero-order chi connectivity index (χ0) is 10.3. The van der Waals surface area contributed by atoms with Crippen LogP contribution in [0.4, 0.5) is 10.1 Å². The van der Waals surface area contributed by atoms with Crippen molar-refractivity contribution in [2.75, 3.05) is 18.5 Å². The predicted molar refractivity (Wildman–Crippen MR) is 56.8 cm³/mol. The smallest absolute Gasteiger partial charge is 0.147 e. The van der Waals surface area contributed by atoms with Gasteiger partial charge in [0, 0.05) is 18.7 Å². The van der Waals surface area contributed by atoms with E-state index in [1.165, 1.54) is 5.56 Å². The first-order valence-corrected chi connectivity index (χ1v) is 5.38. The molecule has 2 nitrogen and oxygen atoms in total. The third-order valence-electron chi connectivity index (χ3n) is 3.46. The van der Waals surface area contributed by atoms with E-state index in [1.807, 2.05) is 18.2 Å². The van der Waals surface area contributed by atoms with Crippen LogP contribution in [0.15, 0.2) is 24.3 Å². The first-order valence-electron chi connectivity index (χ1n) is 5.38.